The number of hydrogen-bond donors (Lipinski definition) is 1. The lowest BCUT2D eigenvalue weighted by Crippen LogP contribution is -2.46. The number of carbonyl (C=O) groups excluding carboxylic acids is 1. The van der Waals surface area contributed by atoms with Crippen molar-refractivity contribution in [2.75, 3.05) is 39.4 Å². The first-order valence-electron chi connectivity index (χ1n) is 8.50. The zero-order valence-corrected chi connectivity index (χ0v) is 14.5. The van der Waals surface area contributed by atoms with Crippen molar-refractivity contribution >= 4 is 5.91 Å². The van der Waals surface area contributed by atoms with E-state index in [1.54, 1.807) is 13.8 Å². The summed E-state index contributed by atoms with van der Waals surface area (Å²) in [4.78, 5) is 14.6. The second-order valence-corrected chi connectivity index (χ2v) is 6.48. The Labute approximate surface area is 143 Å². The molecule has 0 spiro atoms. The number of benzene rings is 1. The molecule has 1 heterocycles. The summed E-state index contributed by atoms with van der Waals surface area (Å²) >= 11 is 0. The summed E-state index contributed by atoms with van der Waals surface area (Å²) in [5.41, 5.74) is -0.998. The van der Waals surface area contributed by atoms with Crippen molar-refractivity contribution in [2.45, 2.75) is 32.3 Å². The van der Waals surface area contributed by atoms with Crippen LogP contribution in [0.5, 0.6) is 5.75 Å². The summed E-state index contributed by atoms with van der Waals surface area (Å²) in [7, 11) is 0. The second kappa shape index (κ2) is 8.99. The van der Waals surface area contributed by atoms with Crippen LogP contribution in [0.3, 0.4) is 0 Å². The standard InChI is InChI=1S/C18H27FN2O3/c1-18(2,24-16-7-5-15(19)6-8-16)17(22)20-9-3-4-10-21-11-13-23-14-12-21/h5-8H,3-4,9-14H2,1-2H3,(H,20,22). The van der Waals surface area contributed by atoms with E-state index in [2.05, 4.69) is 10.2 Å². The van der Waals surface area contributed by atoms with E-state index >= 15 is 0 Å². The van der Waals surface area contributed by atoms with Crippen molar-refractivity contribution < 1.29 is 18.7 Å². The van der Waals surface area contributed by atoms with E-state index in [1.807, 2.05) is 0 Å². The molecule has 5 nitrogen and oxygen atoms in total. The molecule has 1 saturated heterocycles. The summed E-state index contributed by atoms with van der Waals surface area (Å²) in [5, 5.41) is 2.91. The maximum Gasteiger partial charge on any atom is 0.263 e. The monoisotopic (exact) mass is 338 g/mol. The van der Waals surface area contributed by atoms with Gasteiger partial charge in [0.05, 0.1) is 13.2 Å². The number of nitrogens with zero attached hydrogens (tertiary/aromatic N) is 1. The molecule has 0 saturated carbocycles. The van der Waals surface area contributed by atoms with Gasteiger partial charge < -0.3 is 14.8 Å². The first-order chi connectivity index (χ1) is 11.5. The molecule has 1 N–H and O–H groups in total. The van der Waals surface area contributed by atoms with Crippen LogP contribution in [0, 0.1) is 5.82 Å². The molecule has 1 amide bonds. The largest absolute Gasteiger partial charge is 0.478 e. The van der Waals surface area contributed by atoms with E-state index in [0.29, 0.717) is 12.3 Å². The average molecular weight is 338 g/mol. The molecule has 134 valence electrons. The topological polar surface area (TPSA) is 50.8 Å². The number of halogens is 1. The van der Waals surface area contributed by atoms with Crippen molar-refractivity contribution in [1.82, 2.24) is 10.2 Å². The summed E-state index contributed by atoms with van der Waals surface area (Å²) in [6.45, 7) is 8.68. The Kier molecular flexibility index (Phi) is 6.99. The van der Waals surface area contributed by atoms with Crippen molar-refractivity contribution in [3.05, 3.63) is 30.1 Å². The first-order valence-corrected chi connectivity index (χ1v) is 8.50. The molecular formula is C18H27FN2O3. The molecule has 24 heavy (non-hydrogen) atoms. The number of unbranched alkanes of at least 4 members (excludes halogenated alkanes) is 1. The lowest BCUT2D eigenvalue weighted by atomic mass is 10.1. The molecule has 0 aromatic heterocycles. The Morgan fingerprint density at radius 2 is 1.92 bits per heavy atom. The summed E-state index contributed by atoms with van der Waals surface area (Å²) in [6, 6.07) is 5.67. The van der Waals surface area contributed by atoms with E-state index < -0.39 is 5.60 Å². The van der Waals surface area contributed by atoms with E-state index in [-0.39, 0.29) is 11.7 Å². The Morgan fingerprint density at radius 3 is 2.58 bits per heavy atom. The molecule has 0 atom stereocenters. The van der Waals surface area contributed by atoms with Gasteiger partial charge in [-0.3, -0.25) is 9.69 Å². The molecule has 1 aromatic carbocycles. The fraction of sp³-hybridized carbons (Fsp3) is 0.611. The minimum atomic E-state index is -0.998. The van der Waals surface area contributed by atoms with Gasteiger partial charge in [0, 0.05) is 19.6 Å². The van der Waals surface area contributed by atoms with Crippen LogP contribution in [0.25, 0.3) is 0 Å². The van der Waals surface area contributed by atoms with Crippen LogP contribution in [0.2, 0.25) is 0 Å². The van der Waals surface area contributed by atoms with Gasteiger partial charge in [0.1, 0.15) is 11.6 Å². The van der Waals surface area contributed by atoms with Crippen LogP contribution in [-0.4, -0.2) is 55.8 Å². The lowest BCUT2D eigenvalue weighted by molar-refractivity contribution is -0.134. The molecular weight excluding hydrogens is 311 g/mol. The van der Waals surface area contributed by atoms with Gasteiger partial charge >= 0.3 is 0 Å². The second-order valence-electron chi connectivity index (χ2n) is 6.48. The van der Waals surface area contributed by atoms with Crippen LogP contribution in [-0.2, 0) is 9.53 Å². The van der Waals surface area contributed by atoms with Gasteiger partial charge in [-0.15, -0.1) is 0 Å². The Bertz CT molecular complexity index is 514. The van der Waals surface area contributed by atoms with Gasteiger partial charge in [-0.05, 0) is 57.5 Å². The number of rotatable bonds is 8. The minimum absolute atomic E-state index is 0.168. The first kappa shape index (κ1) is 18.7. The lowest BCUT2D eigenvalue weighted by Gasteiger charge is -2.27. The van der Waals surface area contributed by atoms with Crippen LogP contribution in [0.1, 0.15) is 26.7 Å². The van der Waals surface area contributed by atoms with Gasteiger partial charge in [0.2, 0.25) is 0 Å². The van der Waals surface area contributed by atoms with Gasteiger partial charge in [-0.1, -0.05) is 0 Å². The van der Waals surface area contributed by atoms with Crippen molar-refractivity contribution in [3.8, 4) is 5.75 Å². The van der Waals surface area contributed by atoms with Gasteiger partial charge in [0.15, 0.2) is 5.60 Å². The molecule has 1 aliphatic heterocycles. The SMILES string of the molecule is CC(C)(Oc1ccc(F)cc1)C(=O)NCCCCN1CCOCC1. The maximum atomic E-state index is 12.9. The van der Waals surface area contributed by atoms with E-state index in [0.717, 1.165) is 45.7 Å². The highest BCUT2D eigenvalue weighted by atomic mass is 19.1. The fourth-order valence-corrected chi connectivity index (χ4v) is 2.54. The summed E-state index contributed by atoms with van der Waals surface area (Å²) in [6.07, 6.45) is 1.97. The maximum absolute atomic E-state index is 12.9. The van der Waals surface area contributed by atoms with Crippen LogP contribution in [0.4, 0.5) is 4.39 Å². The van der Waals surface area contributed by atoms with Gasteiger partial charge in [-0.25, -0.2) is 4.39 Å². The van der Waals surface area contributed by atoms with Crippen LogP contribution in [0.15, 0.2) is 24.3 Å². The van der Waals surface area contributed by atoms with E-state index in [4.69, 9.17) is 9.47 Å². The fourth-order valence-electron chi connectivity index (χ4n) is 2.54. The highest BCUT2D eigenvalue weighted by molar-refractivity contribution is 5.84. The predicted octanol–water partition coefficient (Wildman–Crippen LogP) is 2.21. The predicted molar refractivity (Wildman–Crippen MR) is 90.6 cm³/mol. The number of morpholine rings is 1. The zero-order chi connectivity index (χ0) is 17.4. The van der Waals surface area contributed by atoms with E-state index in [9.17, 15) is 9.18 Å². The Morgan fingerprint density at radius 1 is 1.25 bits per heavy atom. The number of nitrogens with one attached hydrogen (secondary N) is 1. The Hall–Kier alpha value is -1.66. The molecule has 6 heteroatoms. The third kappa shape index (κ3) is 6.09. The molecule has 0 bridgehead atoms. The van der Waals surface area contributed by atoms with Crippen molar-refractivity contribution in [3.63, 3.8) is 0 Å². The quantitative estimate of drug-likeness (QED) is 0.739. The van der Waals surface area contributed by atoms with Crippen LogP contribution >= 0.6 is 0 Å². The molecule has 0 radical (unpaired) electrons. The number of ether oxygens (including phenoxy) is 2. The third-order valence-corrected chi connectivity index (χ3v) is 4.02. The zero-order valence-electron chi connectivity index (χ0n) is 14.5. The highest BCUT2D eigenvalue weighted by Gasteiger charge is 2.29. The minimum Gasteiger partial charge on any atom is -0.478 e. The van der Waals surface area contributed by atoms with Crippen molar-refractivity contribution in [1.29, 1.82) is 0 Å². The summed E-state index contributed by atoms with van der Waals surface area (Å²) < 4.78 is 23.9. The van der Waals surface area contributed by atoms with Crippen molar-refractivity contribution in [2.24, 2.45) is 0 Å². The third-order valence-electron chi connectivity index (χ3n) is 4.02. The molecule has 0 unspecified atom stereocenters. The normalized spacial score (nSPS) is 16.0. The molecule has 0 aliphatic carbocycles. The summed E-state index contributed by atoms with van der Waals surface area (Å²) in [5.74, 6) is -0.0214. The molecule has 1 fully saturated rings. The smallest absolute Gasteiger partial charge is 0.263 e. The Balaban J connectivity index is 1.65. The molecule has 1 aromatic rings. The number of carbonyl (C=O) groups is 1. The van der Waals surface area contributed by atoms with E-state index in [1.165, 1.54) is 24.3 Å². The van der Waals surface area contributed by atoms with Gasteiger partial charge in [-0.2, -0.15) is 0 Å². The van der Waals surface area contributed by atoms with Crippen LogP contribution < -0.4 is 10.1 Å². The number of amides is 1. The molecule has 2 rings (SSSR count). The number of hydrogen-bond acceptors (Lipinski definition) is 4. The highest BCUT2D eigenvalue weighted by Crippen LogP contribution is 2.18. The van der Waals surface area contributed by atoms with Gasteiger partial charge in [0.25, 0.3) is 5.91 Å². The molecule has 1 aliphatic rings. The average Bonchev–Trinajstić information content (AvgIpc) is 2.57.